The van der Waals surface area contributed by atoms with Crippen molar-refractivity contribution in [1.82, 2.24) is 0 Å². The lowest BCUT2D eigenvalue weighted by Gasteiger charge is -2.18. The smallest absolute Gasteiger partial charge is 0.303 e. The number of rotatable bonds is 5. The van der Waals surface area contributed by atoms with Crippen molar-refractivity contribution in [2.75, 3.05) is 0 Å². The van der Waals surface area contributed by atoms with Gasteiger partial charge in [-0.15, -0.1) is 0 Å². The minimum atomic E-state index is -0.703. The summed E-state index contributed by atoms with van der Waals surface area (Å²) in [5, 5.41) is 8.85. The van der Waals surface area contributed by atoms with Crippen molar-refractivity contribution >= 4 is 5.97 Å². The standard InChI is InChI=1S/C14H20O2/c1-10(2)13(9-14(15)16)8-12-6-4-11(3)5-7-12/h4-7,10,13H,8-9H2,1-3H3,(H,15,16)/t13-/m1/s1. The lowest BCUT2D eigenvalue weighted by Crippen LogP contribution is -2.16. The van der Waals surface area contributed by atoms with Gasteiger partial charge >= 0.3 is 5.97 Å². The van der Waals surface area contributed by atoms with Crippen LogP contribution in [0.1, 0.15) is 31.4 Å². The summed E-state index contributed by atoms with van der Waals surface area (Å²) in [5.74, 6) is -0.0802. The second-order valence-electron chi connectivity index (χ2n) is 4.79. The number of carbonyl (C=O) groups is 1. The molecule has 2 heteroatoms. The van der Waals surface area contributed by atoms with E-state index in [0.29, 0.717) is 5.92 Å². The van der Waals surface area contributed by atoms with Gasteiger partial charge in [-0.05, 0) is 30.7 Å². The van der Waals surface area contributed by atoms with Crippen LogP contribution in [-0.2, 0) is 11.2 Å². The Morgan fingerprint density at radius 3 is 2.25 bits per heavy atom. The van der Waals surface area contributed by atoms with Crippen LogP contribution in [-0.4, -0.2) is 11.1 Å². The van der Waals surface area contributed by atoms with Gasteiger partial charge in [0.1, 0.15) is 0 Å². The van der Waals surface area contributed by atoms with Crippen LogP contribution in [0.2, 0.25) is 0 Å². The first-order valence-electron chi connectivity index (χ1n) is 5.76. The van der Waals surface area contributed by atoms with Crippen LogP contribution in [0.15, 0.2) is 24.3 Å². The molecule has 0 saturated heterocycles. The quantitative estimate of drug-likeness (QED) is 0.826. The minimum absolute atomic E-state index is 0.222. The maximum Gasteiger partial charge on any atom is 0.303 e. The van der Waals surface area contributed by atoms with Gasteiger partial charge in [0.2, 0.25) is 0 Å². The summed E-state index contributed by atoms with van der Waals surface area (Å²) in [6, 6.07) is 8.33. The van der Waals surface area contributed by atoms with Crippen molar-refractivity contribution in [3.63, 3.8) is 0 Å². The van der Waals surface area contributed by atoms with Gasteiger partial charge in [0.15, 0.2) is 0 Å². The molecule has 0 bridgehead atoms. The number of carboxylic acids is 1. The van der Waals surface area contributed by atoms with Crippen LogP contribution in [0.3, 0.4) is 0 Å². The number of hydrogen-bond donors (Lipinski definition) is 1. The molecule has 1 atom stereocenters. The minimum Gasteiger partial charge on any atom is -0.481 e. The fourth-order valence-electron chi connectivity index (χ4n) is 1.79. The Labute approximate surface area is 97.3 Å². The van der Waals surface area contributed by atoms with E-state index in [1.54, 1.807) is 0 Å². The molecule has 0 aliphatic rings. The number of carboxylic acid groups (broad SMARTS) is 1. The van der Waals surface area contributed by atoms with Crippen molar-refractivity contribution in [1.29, 1.82) is 0 Å². The van der Waals surface area contributed by atoms with E-state index in [-0.39, 0.29) is 12.3 Å². The van der Waals surface area contributed by atoms with Gasteiger partial charge in [0.25, 0.3) is 0 Å². The molecule has 88 valence electrons. The molecule has 0 spiro atoms. The van der Waals surface area contributed by atoms with Crippen molar-refractivity contribution in [2.24, 2.45) is 11.8 Å². The maximum absolute atomic E-state index is 10.8. The molecule has 2 nitrogen and oxygen atoms in total. The van der Waals surface area contributed by atoms with Gasteiger partial charge in [0, 0.05) is 6.42 Å². The number of aryl methyl sites for hydroxylation is 1. The molecule has 1 N–H and O–H groups in total. The summed E-state index contributed by atoms with van der Waals surface area (Å²) < 4.78 is 0. The van der Waals surface area contributed by atoms with E-state index < -0.39 is 5.97 Å². The highest BCUT2D eigenvalue weighted by Crippen LogP contribution is 2.21. The molecule has 1 aromatic rings. The Morgan fingerprint density at radius 2 is 1.81 bits per heavy atom. The van der Waals surface area contributed by atoms with E-state index in [1.165, 1.54) is 11.1 Å². The zero-order chi connectivity index (χ0) is 12.1. The summed E-state index contributed by atoms with van der Waals surface area (Å²) in [6.45, 7) is 6.23. The second-order valence-corrected chi connectivity index (χ2v) is 4.79. The topological polar surface area (TPSA) is 37.3 Å². The van der Waals surface area contributed by atoms with Crippen LogP contribution in [0, 0.1) is 18.8 Å². The molecule has 1 rings (SSSR count). The highest BCUT2D eigenvalue weighted by molar-refractivity contribution is 5.67. The third-order valence-electron chi connectivity index (χ3n) is 3.00. The largest absolute Gasteiger partial charge is 0.481 e. The molecular weight excluding hydrogens is 200 g/mol. The van der Waals surface area contributed by atoms with E-state index >= 15 is 0 Å². The van der Waals surface area contributed by atoms with Crippen LogP contribution >= 0.6 is 0 Å². The van der Waals surface area contributed by atoms with E-state index in [2.05, 4.69) is 45.0 Å². The first-order valence-corrected chi connectivity index (χ1v) is 5.76. The highest BCUT2D eigenvalue weighted by atomic mass is 16.4. The van der Waals surface area contributed by atoms with E-state index in [9.17, 15) is 4.79 Å². The molecule has 0 aliphatic carbocycles. The fourth-order valence-corrected chi connectivity index (χ4v) is 1.79. The van der Waals surface area contributed by atoms with Crippen LogP contribution in [0.5, 0.6) is 0 Å². The molecule has 0 fully saturated rings. The summed E-state index contributed by atoms with van der Waals surface area (Å²) in [6.07, 6.45) is 1.11. The normalized spacial score (nSPS) is 12.8. The fraction of sp³-hybridized carbons (Fsp3) is 0.500. The first-order chi connectivity index (χ1) is 7.49. The molecule has 0 aliphatic heterocycles. The Bertz CT molecular complexity index is 338. The van der Waals surface area contributed by atoms with Crippen molar-refractivity contribution in [3.05, 3.63) is 35.4 Å². The highest BCUT2D eigenvalue weighted by Gasteiger charge is 2.17. The third kappa shape index (κ3) is 4.05. The summed E-state index contributed by atoms with van der Waals surface area (Å²) in [7, 11) is 0. The summed E-state index contributed by atoms with van der Waals surface area (Å²) in [4.78, 5) is 10.8. The molecule has 0 saturated carbocycles. The van der Waals surface area contributed by atoms with E-state index in [4.69, 9.17) is 5.11 Å². The van der Waals surface area contributed by atoms with Crippen molar-refractivity contribution < 1.29 is 9.90 Å². The third-order valence-corrected chi connectivity index (χ3v) is 3.00. The maximum atomic E-state index is 10.8. The molecule has 0 heterocycles. The average molecular weight is 220 g/mol. The zero-order valence-electron chi connectivity index (χ0n) is 10.2. The molecular formula is C14H20O2. The Balaban J connectivity index is 2.67. The lowest BCUT2D eigenvalue weighted by molar-refractivity contribution is -0.138. The van der Waals surface area contributed by atoms with E-state index in [1.807, 2.05) is 0 Å². The molecule has 0 aromatic heterocycles. The molecule has 0 amide bonds. The van der Waals surface area contributed by atoms with Crippen LogP contribution < -0.4 is 0 Å². The molecule has 16 heavy (non-hydrogen) atoms. The first kappa shape index (κ1) is 12.8. The number of aliphatic carboxylic acids is 1. The van der Waals surface area contributed by atoms with Crippen molar-refractivity contribution in [2.45, 2.75) is 33.6 Å². The predicted molar refractivity (Wildman–Crippen MR) is 65.5 cm³/mol. The van der Waals surface area contributed by atoms with Crippen LogP contribution in [0.4, 0.5) is 0 Å². The van der Waals surface area contributed by atoms with Crippen LogP contribution in [0.25, 0.3) is 0 Å². The van der Waals surface area contributed by atoms with Gasteiger partial charge in [-0.1, -0.05) is 43.7 Å². The average Bonchev–Trinajstić information content (AvgIpc) is 2.19. The SMILES string of the molecule is Cc1ccc(C[C@H](CC(=O)O)C(C)C)cc1. The second kappa shape index (κ2) is 5.69. The zero-order valence-corrected chi connectivity index (χ0v) is 10.2. The molecule has 0 radical (unpaired) electrons. The van der Waals surface area contributed by atoms with Gasteiger partial charge < -0.3 is 5.11 Å². The Hall–Kier alpha value is -1.31. The van der Waals surface area contributed by atoms with Gasteiger partial charge in [-0.25, -0.2) is 0 Å². The van der Waals surface area contributed by atoms with Gasteiger partial charge in [-0.3, -0.25) is 4.79 Å². The predicted octanol–water partition coefficient (Wildman–Crippen LogP) is 3.28. The van der Waals surface area contributed by atoms with E-state index in [0.717, 1.165) is 6.42 Å². The monoisotopic (exact) mass is 220 g/mol. The molecule has 1 aromatic carbocycles. The summed E-state index contributed by atoms with van der Waals surface area (Å²) >= 11 is 0. The number of benzene rings is 1. The molecule has 0 unspecified atom stereocenters. The van der Waals surface area contributed by atoms with Gasteiger partial charge in [-0.2, -0.15) is 0 Å². The lowest BCUT2D eigenvalue weighted by atomic mass is 9.86. The summed E-state index contributed by atoms with van der Waals surface area (Å²) in [5.41, 5.74) is 2.47. The number of hydrogen-bond acceptors (Lipinski definition) is 1. The Kier molecular flexibility index (Phi) is 4.53. The van der Waals surface area contributed by atoms with Gasteiger partial charge in [0.05, 0.1) is 0 Å². The van der Waals surface area contributed by atoms with Crippen molar-refractivity contribution in [3.8, 4) is 0 Å². The Morgan fingerprint density at radius 1 is 1.25 bits per heavy atom.